The zero-order chi connectivity index (χ0) is 18.3. The van der Waals surface area contributed by atoms with Gasteiger partial charge in [0.2, 0.25) is 5.91 Å². The average molecular weight is 377 g/mol. The lowest BCUT2D eigenvalue weighted by atomic mass is 10.1. The molecule has 26 heavy (non-hydrogen) atoms. The summed E-state index contributed by atoms with van der Waals surface area (Å²) in [5, 5.41) is -0.193. The van der Waals surface area contributed by atoms with Crippen molar-refractivity contribution in [2.24, 2.45) is 5.92 Å². The van der Waals surface area contributed by atoms with Crippen LogP contribution in [0.25, 0.3) is 0 Å². The Morgan fingerprint density at radius 3 is 2.35 bits per heavy atom. The number of benzene rings is 2. The average Bonchev–Trinajstić information content (AvgIpc) is 3.29. The quantitative estimate of drug-likeness (QED) is 0.743. The maximum Gasteiger partial charge on any atom is 0.416 e. The number of amides is 1. The Hall–Kier alpha value is -1.95. The Labute approximate surface area is 154 Å². The minimum atomic E-state index is -4.34. The van der Waals surface area contributed by atoms with E-state index in [1.54, 1.807) is 11.8 Å². The van der Waals surface area contributed by atoms with Crippen LogP contribution in [-0.4, -0.2) is 23.1 Å². The summed E-state index contributed by atoms with van der Waals surface area (Å²) in [5.41, 5.74) is 1.28. The summed E-state index contributed by atoms with van der Waals surface area (Å²) in [6, 6.07) is 15.2. The van der Waals surface area contributed by atoms with Gasteiger partial charge in [-0.2, -0.15) is 13.2 Å². The van der Waals surface area contributed by atoms with Crippen LogP contribution >= 0.6 is 11.8 Å². The predicted molar refractivity (Wildman–Crippen MR) is 95.6 cm³/mol. The van der Waals surface area contributed by atoms with E-state index >= 15 is 0 Å². The van der Waals surface area contributed by atoms with E-state index in [0.717, 1.165) is 29.9 Å². The molecule has 2 fully saturated rings. The van der Waals surface area contributed by atoms with E-state index in [1.807, 2.05) is 35.2 Å². The second kappa shape index (κ2) is 6.65. The number of hydrogen-bond donors (Lipinski definition) is 0. The Morgan fingerprint density at radius 1 is 1.00 bits per heavy atom. The summed E-state index contributed by atoms with van der Waals surface area (Å²) in [7, 11) is 0. The number of halogens is 3. The third-order valence-electron chi connectivity index (χ3n) is 5.03. The second-order valence-electron chi connectivity index (χ2n) is 6.73. The molecule has 1 amide bonds. The summed E-state index contributed by atoms with van der Waals surface area (Å²) in [4.78, 5) is 14.8. The van der Waals surface area contributed by atoms with Crippen LogP contribution in [0, 0.1) is 5.92 Å². The zero-order valence-electron chi connectivity index (χ0n) is 13.9. The molecule has 4 rings (SSSR count). The Balaban J connectivity index is 1.48. The summed E-state index contributed by atoms with van der Waals surface area (Å²) in [5.74, 6) is 1.18. The number of hydrogen-bond acceptors (Lipinski definition) is 2. The fraction of sp³-hybridized carbons (Fsp3) is 0.350. The van der Waals surface area contributed by atoms with Gasteiger partial charge in [-0.25, -0.2) is 0 Å². The molecule has 2 nitrogen and oxygen atoms in total. The van der Waals surface area contributed by atoms with Crippen molar-refractivity contribution in [3.63, 3.8) is 0 Å². The van der Waals surface area contributed by atoms with Crippen molar-refractivity contribution >= 4 is 17.7 Å². The molecular weight excluding hydrogens is 359 g/mol. The highest BCUT2D eigenvalue weighted by Crippen LogP contribution is 2.51. The lowest BCUT2D eigenvalue weighted by molar-refractivity contribution is -0.137. The minimum absolute atomic E-state index is 0.00644. The van der Waals surface area contributed by atoms with Crippen molar-refractivity contribution in [1.82, 2.24) is 4.90 Å². The van der Waals surface area contributed by atoms with Crippen LogP contribution in [0.15, 0.2) is 54.6 Å². The van der Waals surface area contributed by atoms with E-state index in [1.165, 1.54) is 17.7 Å². The monoisotopic (exact) mass is 377 g/mol. The number of rotatable bonds is 3. The maximum absolute atomic E-state index is 12.9. The Kier molecular flexibility index (Phi) is 4.47. The molecule has 0 spiro atoms. The van der Waals surface area contributed by atoms with Gasteiger partial charge in [-0.3, -0.25) is 4.79 Å². The van der Waals surface area contributed by atoms with Crippen molar-refractivity contribution < 1.29 is 18.0 Å². The SMILES string of the molecule is O=C(C1CC1c1ccccc1)N1CCSC1c1ccc(C(F)(F)F)cc1. The van der Waals surface area contributed by atoms with E-state index in [9.17, 15) is 18.0 Å². The van der Waals surface area contributed by atoms with Crippen molar-refractivity contribution in [3.05, 3.63) is 71.3 Å². The maximum atomic E-state index is 12.9. The summed E-state index contributed by atoms with van der Waals surface area (Å²) in [6.07, 6.45) is -3.49. The second-order valence-corrected chi connectivity index (χ2v) is 7.92. The van der Waals surface area contributed by atoms with Crippen LogP contribution in [0.5, 0.6) is 0 Å². The van der Waals surface area contributed by atoms with Gasteiger partial charge >= 0.3 is 6.18 Å². The van der Waals surface area contributed by atoms with Crippen LogP contribution in [0.1, 0.15) is 34.4 Å². The lowest BCUT2D eigenvalue weighted by Crippen LogP contribution is -2.32. The highest BCUT2D eigenvalue weighted by molar-refractivity contribution is 7.99. The molecule has 2 aromatic rings. The summed E-state index contributed by atoms with van der Waals surface area (Å²) >= 11 is 1.61. The molecule has 3 atom stereocenters. The van der Waals surface area contributed by atoms with Crippen molar-refractivity contribution in [2.45, 2.75) is 23.9 Å². The number of nitrogens with zero attached hydrogens (tertiary/aromatic N) is 1. The molecule has 1 aliphatic heterocycles. The Morgan fingerprint density at radius 2 is 1.69 bits per heavy atom. The molecule has 1 saturated carbocycles. The van der Waals surface area contributed by atoms with Gasteiger partial charge < -0.3 is 4.90 Å². The molecular formula is C20H18F3NOS. The predicted octanol–water partition coefficient (Wildman–Crippen LogP) is 5.08. The highest BCUT2D eigenvalue weighted by atomic mass is 32.2. The van der Waals surface area contributed by atoms with Crippen molar-refractivity contribution in [1.29, 1.82) is 0 Å². The van der Waals surface area contributed by atoms with Crippen molar-refractivity contribution in [3.8, 4) is 0 Å². The third kappa shape index (κ3) is 3.34. The molecule has 2 aliphatic rings. The summed E-state index contributed by atoms with van der Waals surface area (Å²) < 4.78 is 38.3. The smallest absolute Gasteiger partial charge is 0.325 e. The van der Waals surface area contributed by atoms with E-state index in [0.29, 0.717) is 6.54 Å². The van der Waals surface area contributed by atoms with Gasteiger partial charge in [0.1, 0.15) is 5.37 Å². The molecule has 1 aliphatic carbocycles. The fourth-order valence-electron chi connectivity index (χ4n) is 3.56. The molecule has 0 radical (unpaired) electrons. The van der Waals surface area contributed by atoms with Crippen LogP contribution in [0.4, 0.5) is 13.2 Å². The lowest BCUT2D eigenvalue weighted by Gasteiger charge is -2.24. The first-order valence-electron chi connectivity index (χ1n) is 8.59. The van der Waals surface area contributed by atoms with Crippen LogP contribution < -0.4 is 0 Å². The normalized spacial score (nSPS) is 25.3. The molecule has 1 saturated heterocycles. The van der Waals surface area contributed by atoms with E-state index in [4.69, 9.17) is 0 Å². The molecule has 0 N–H and O–H groups in total. The first-order chi connectivity index (χ1) is 12.4. The van der Waals surface area contributed by atoms with E-state index < -0.39 is 11.7 Å². The van der Waals surface area contributed by atoms with Gasteiger partial charge in [0, 0.05) is 18.2 Å². The number of carbonyl (C=O) groups excluding carboxylic acids is 1. The minimum Gasteiger partial charge on any atom is -0.325 e. The standard InChI is InChI=1S/C20H18F3NOS/c21-20(22,23)15-8-6-14(7-9-15)19-24(10-11-26-19)18(25)17-12-16(17)13-4-2-1-3-5-13/h1-9,16-17,19H,10-12H2. The van der Waals surface area contributed by atoms with Crippen LogP contribution in [-0.2, 0) is 11.0 Å². The Bertz CT molecular complexity index is 791. The van der Waals surface area contributed by atoms with Crippen LogP contribution in [0.2, 0.25) is 0 Å². The molecule has 6 heteroatoms. The number of thioether (sulfide) groups is 1. The molecule has 0 aromatic heterocycles. The van der Waals surface area contributed by atoms with Gasteiger partial charge in [0.05, 0.1) is 5.56 Å². The molecule has 136 valence electrons. The van der Waals surface area contributed by atoms with Crippen molar-refractivity contribution in [2.75, 3.05) is 12.3 Å². The van der Waals surface area contributed by atoms with Crippen LogP contribution in [0.3, 0.4) is 0 Å². The van der Waals surface area contributed by atoms with Gasteiger partial charge in [0.25, 0.3) is 0 Å². The largest absolute Gasteiger partial charge is 0.416 e. The first kappa shape index (κ1) is 17.5. The highest BCUT2D eigenvalue weighted by Gasteiger charge is 2.48. The van der Waals surface area contributed by atoms with E-state index in [-0.39, 0.29) is 23.1 Å². The molecule has 0 bridgehead atoms. The molecule has 2 aromatic carbocycles. The third-order valence-corrected chi connectivity index (χ3v) is 6.29. The number of carbonyl (C=O) groups is 1. The number of alkyl halides is 3. The van der Waals surface area contributed by atoms with Gasteiger partial charge in [-0.05, 0) is 35.6 Å². The van der Waals surface area contributed by atoms with Gasteiger partial charge in [0.15, 0.2) is 0 Å². The summed E-state index contributed by atoms with van der Waals surface area (Å²) in [6.45, 7) is 0.646. The topological polar surface area (TPSA) is 20.3 Å². The van der Waals surface area contributed by atoms with Gasteiger partial charge in [-0.1, -0.05) is 42.5 Å². The first-order valence-corrected chi connectivity index (χ1v) is 9.64. The molecule has 1 heterocycles. The fourth-order valence-corrected chi connectivity index (χ4v) is 4.82. The van der Waals surface area contributed by atoms with Gasteiger partial charge in [-0.15, -0.1) is 11.8 Å². The van der Waals surface area contributed by atoms with E-state index in [2.05, 4.69) is 0 Å². The molecule has 3 unspecified atom stereocenters. The zero-order valence-corrected chi connectivity index (χ0v) is 14.8.